The molecule has 25 heavy (non-hydrogen) atoms. The molecule has 2 rings (SSSR count). The van der Waals surface area contributed by atoms with Crippen molar-refractivity contribution in [1.29, 1.82) is 0 Å². The molecule has 0 saturated carbocycles. The van der Waals surface area contributed by atoms with Gasteiger partial charge in [-0.3, -0.25) is 4.79 Å². The van der Waals surface area contributed by atoms with Gasteiger partial charge in [-0.15, -0.1) is 0 Å². The van der Waals surface area contributed by atoms with Gasteiger partial charge in [0, 0.05) is 6.42 Å². The first-order valence-corrected chi connectivity index (χ1v) is 8.72. The zero-order valence-electron chi connectivity index (χ0n) is 15.2. The molecule has 0 aliphatic heterocycles. The van der Waals surface area contributed by atoms with Gasteiger partial charge in [0.2, 0.25) is 0 Å². The molecular weight excluding hydrogens is 316 g/mol. The van der Waals surface area contributed by atoms with Crippen LogP contribution in [0.5, 0.6) is 11.5 Å². The van der Waals surface area contributed by atoms with Crippen LogP contribution in [0, 0.1) is 6.92 Å². The number of rotatable bonds is 9. The van der Waals surface area contributed by atoms with E-state index in [1.807, 2.05) is 44.2 Å². The van der Waals surface area contributed by atoms with Gasteiger partial charge in [-0.25, -0.2) is 0 Å². The van der Waals surface area contributed by atoms with E-state index >= 15 is 0 Å². The van der Waals surface area contributed by atoms with Crippen LogP contribution in [-0.2, 0) is 22.6 Å². The summed E-state index contributed by atoms with van der Waals surface area (Å²) in [5, 5.41) is 0. The lowest BCUT2D eigenvalue weighted by molar-refractivity contribution is -0.143. The average Bonchev–Trinajstić information content (AvgIpc) is 2.61. The van der Waals surface area contributed by atoms with Crippen molar-refractivity contribution in [2.45, 2.75) is 40.2 Å². The van der Waals surface area contributed by atoms with Crippen LogP contribution >= 0.6 is 0 Å². The molecule has 0 aromatic heterocycles. The molecule has 134 valence electrons. The predicted octanol–water partition coefficient (Wildman–Crippen LogP) is 4.47. The van der Waals surface area contributed by atoms with E-state index in [2.05, 4.69) is 19.1 Å². The number of aryl methyl sites for hydroxylation is 2. The summed E-state index contributed by atoms with van der Waals surface area (Å²) in [6.45, 7) is 7.29. The smallest absolute Gasteiger partial charge is 0.306 e. The van der Waals surface area contributed by atoms with E-state index < -0.39 is 0 Å². The zero-order valence-corrected chi connectivity index (χ0v) is 15.2. The molecular formula is C21H26O4. The Labute approximate surface area is 149 Å². The van der Waals surface area contributed by atoms with Crippen molar-refractivity contribution in [2.24, 2.45) is 0 Å². The Hall–Kier alpha value is -2.49. The molecule has 0 amide bonds. The van der Waals surface area contributed by atoms with Crippen molar-refractivity contribution >= 4 is 5.97 Å². The van der Waals surface area contributed by atoms with Gasteiger partial charge < -0.3 is 14.2 Å². The fourth-order valence-corrected chi connectivity index (χ4v) is 2.50. The van der Waals surface area contributed by atoms with E-state index in [4.69, 9.17) is 14.2 Å². The summed E-state index contributed by atoms with van der Waals surface area (Å²) in [7, 11) is 0. The quantitative estimate of drug-likeness (QED) is 0.631. The first-order valence-electron chi connectivity index (χ1n) is 8.72. The molecule has 0 bridgehead atoms. The minimum atomic E-state index is -0.180. The highest BCUT2D eigenvalue weighted by Crippen LogP contribution is 2.30. The molecule has 4 nitrogen and oxygen atoms in total. The Balaban J connectivity index is 2.05. The van der Waals surface area contributed by atoms with E-state index in [9.17, 15) is 4.79 Å². The topological polar surface area (TPSA) is 44.8 Å². The Morgan fingerprint density at radius 1 is 0.960 bits per heavy atom. The summed E-state index contributed by atoms with van der Waals surface area (Å²) < 4.78 is 16.6. The lowest BCUT2D eigenvalue weighted by atomic mass is 10.1. The molecule has 0 aliphatic carbocycles. The van der Waals surface area contributed by atoms with Crippen molar-refractivity contribution in [3.63, 3.8) is 0 Å². The second kappa shape index (κ2) is 9.72. The van der Waals surface area contributed by atoms with E-state index in [1.165, 1.54) is 5.56 Å². The molecule has 0 heterocycles. The van der Waals surface area contributed by atoms with Crippen LogP contribution in [0.1, 0.15) is 37.0 Å². The molecule has 0 N–H and O–H groups in total. The summed E-state index contributed by atoms with van der Waals surface area (Å²) >= 11 is 0. The van der Waals surface area contributed by atoms with E-state index in [0.717, 1.165) is 11.1 Å². The molecule has 0 radical (unpaired) electrons. The van der Waals surface area contributed by atoms with Gasteiger partial charge in [0.05, 0.1) is 13.2 Å². The van der Waals surface area contributed by atoms with Crippen LogP contribution in [0.2, 0.25) is 0 Å². The lowest BCUT2D eigenvalue weighted by Gasteiger charge is -2.14. The summed E-state index contributed by atoms with van der Waals surface area (Å²) in [6.07, 6.45) is 0.986. The third-order valence-corrected chi connectivity index (χ3v) is 3.88. The third-order valence-electron chi connectivity index (χ3n) is 3.88. The highest BCUT2D eigenvalue weighted by atomic mass is 16.5. The number of carbonyl (C=O) groups excluding carboxylic acids is 1. The van der Waals surface area contributed by atoms with Crippen molar-refractivity contribution in [2.75, 3.05) is 13.2 Å². The monoisotopic (exact) mass is 342 g/mol. The maximum Gasteiger partial charge on any atom is 0.306 e. The van der Waals surface area contributed by atoms with Gasteiger partial charge in [0.15, 0.2) is 11.5 Å². The number of carbonyl (C=O) groups is 1. The Morgan fingerprint density at radius 3 is 2.48 bits per heavy atom. The summed E-state index contributed by atoms with van der Waals surface area (Å²) in [4.78, 5) is 11.5. The van der Waals surface area contributed by atoms with Crippen molar-refractivity contribution < 1.29 is 19.0 Å². The van der Waals surface area contributed by atoms with E-state index in [1.54, 1.807) is 0 Å². The number of esters is 1. The van der Waals surface area contributed by atoms with Crippen LogP contribution in [0.4, 0.5) is 0 Å². The van der Waals surface area contributed by atoms with Crippen LogP contribution < -0.4 is 9.47 Å². The van der Waals surface area contributed by atoms with E-state index in [-0.39, 0.29) is 5.97 Å². The van der Waals surface area contributed by atoms with Gasteiger partial charge in [-0.05, 0) is 56.0 Å². The summed E-state index contributed by atoms with van der Waals surface area (Å²) in [5.74, 6) is 1.24. The standard InChI is InChI=1S/C21H26O4/c1-4-23-20-14-17(11-13-21(22)24-5-2)10-12-19(20)25-15-18-9-7-6-8-16(18)3/h6-10,12,14H,4-5,11,13,15H2,1-3H3. The Kier molecular flexibility index (Phi) is 7.33. The number of ether oxygens (including phenoxy) is 3. The van der Waals surface area contributed by atoms with Gasteiger partial charge >= 0.3 is 5.97 Å². The highest BCUT2D eigenvalue weighted by Gasteiger charge is 2.09. The van der Waals surface area contributed by atoms with E-state index in [0.29, 0.717) is 44.2 Å². The first kappa shape index (κ1) is 18.8. The Bertz CT molecular complexity index is 694. The maximum absolute atomic E-state index is 11.5. The van der Waals surface area contributed by atoms with Crippen LogP contribution in [0.15, 0.2) is 42.5 Å². The largest absolute Gasteiger partial charge is 0.490 e. The molecule has 0 atom stereocenters. The molecule has 0 aliphatic rings. The molecule has 4 heteroatoms. The second-order valence-electron chi connectivity index (χ2n) is 5.73. The maximum atomic E-state index is 11.5. The second-order valence-corrected chi connectivity index (χ2v) is 5.73. The molecule has 0 saturated heterocycles. The minimum absolute atomic E-state index is 0.180. The van der Waals surface area contributed by atoms with Gasteiger partial charge in [-0.1, -0.05) is 30.3 Å². The molecule has 2 aromatic carbocycles. The molecule has 0 unspecified atom stereocenters. The molecule has 2 aromatic rings. The number of hydrogen-bond donors (Lipinski definition) is 0. The fraction of sp³-hybridized carbons (Fsp3) is 0.381. The number of hydrogen-bond acceptors (Lipinski definition) is 4. The van der Waals surface area contributed by atoms with Crippen molar-refractivity contribution in [1.82, 2.24) is 0 Å². The zero-order chi connectivity index (χ0) is 18.1. The number of benzene rings is 2. The molecule has 0 fully saturated rings. The first-order chi connectivity index (χ1) is 12.1. The SMILES string of the molecule is CCOC(=O)CCc1ccc(OCc2ccccc2C)c(OCC)c1. The summed E-state index contributed by atoms with van der Waals surface area (Å²) in [5.41, 5.74) is 3.38. The third kappa shape index (κ3) is 5.82. The van der Waals surface area contributed by atoms with Crippen LogP contribution in [0.3, 0.4) is 0 Å². The lowest BCUT2D eigenvalue weighted by Crippen LogP contribution is -2.06. The van der Waals surface area contributed by atoms with Gasteiger partial charge in [0.25, 0.3) is 0 Å². The predicted molar refractivity (Wildman–Crippen MR) is 98.1 cm³/mol. The van der Waals surface area contributed by atoms with Gasteiger partial charge in [0.1, 0.15) is 6.61 Å². The van der Waals surface area contributed by atoms with Gasteiger partial charge in [-0.2, -0.15) is 0 Å². The summed E-state index contributed by atoms with van der Waals surface area (Å²) in [6, 6.07) is 14.0. The average molecular weight is 342 g/mol. The van der Waals surface area contributed by atoms with Crippen molar-refractivity contribution in [3.8, 4) is 11.5 Å². The Morgan fingerprint density at radius 2 is 1.76 bits per heavy atom. The van der Waals surface area contributed by atoms with Crippen LogP contribution in [0.25, 0.3) is 0 Å². The molecule has 0 spiro atoms. The minimum Gasteiger partial charge on any atom is -0.490 e. The van der Waals surface area contributed by atoms with Crippen molar-refractivity contribution in [3.05, 3.63) is 59.2 Å². The normalized spacial score (nSPS) is 10.4. The van der Waals surface area contributed by atoms with Crippen LogP contribution in [-0.4, -0.2) is 19.2 Å². The highest BCUT2D eigenvalue weighted by molar-refractivity contribution is 5.69. The fourth-order valence-electron chi connectivity index (χ4n) is 2.50.